The molecule has 0 heterocycles. The van der Waals surface area contributed by atoms with Crippen LogP contribution in [0.3, 0.4) is 0 Å². The van der Waals surface area contributed by atoms with Crippen LogP contribution in [0, 0.1) is 0 Å². The Bertz CT molecular complexity index is 966. The quantitative estimate of drug-likeness (QED) is 0.730. The van der Waals surface area contributed by atoms with Gasteiger partial charge in [0.05, 0.1) is 10.5 Å². The van der Waals surface area contributed by atoms with Gasteiger partial charge in [-0.25, -0.2) is 13.1 Å². The fourth-order valence-electron chi connectivity index (χ4n) is 2.29. The van der Waals surface area contributed by atoms with Crippen LogP contribution in [0.4, 0.5) is 18.9 Å². The molecule has 0 aromatic heterocycles. The Hall–Kier alpha value is -2.59. The van der Waals surface area contributed by atoms with E-state index in [2.05, 4.69) is 10.0 Å². The maximum absolute atomic E-state index is 12.5. The standard InChI is InChI=1S/C19H21F3N2O4S/c1-18(2,3)24-29(26,27)16-6-4-5-14(11-16)23-17(25)12-28-15-9-7-13(8-10-15)19(20,21)22/h4-11,24H,12H2,1-3H3,(H,23,25). The number of anilines is 1. The molecule has 0 bridgehead atoms. The fourth-order valence-corrected chi connectivity index (χ4v) is 3.75. The van der Waals surface area contributed by atoms with Crippen molar-refractivity contribution in [1.29, 1.82) is 0 Å². The summed E-state index contributed by atoms with van der Waals surface area (Å²) in [4.78, 5) is 12.0. The third-order valence-electron chi connectivity index (χ3n) is 3.42. The molecule has 0 aliphatic rings. The first-order valence-corrected chi connectivity index (χ1v) is 9.98. The second-order valence-electron chi connectivity index (χ2n) is 7.24. The van der Waals surface area contributed by atoms with Crippen molar-refractivity contribution < 1.29 is 31.1 Å². The molecule has 0 atom stereocenters. The summed E-state index contributed by atoms with van der Waals surface area (Å²) in [5, 5.41) is 2.49. The molecule has 158 valence electrons. The predicted octanol–water partition coefficient (Wildman–Crippen LogP) is 3.80. The highest BCUT2D eigenvalue weighted by molar-refractivity contribution is 7.89. The Morgan fingerprint density at radius 2 is 1.66 bits per heavy atom. The minimum absolute atomic E-state index is 0.0196. The van der Waals surface area contributed by atoms with Gasteiger partial charge in [-0.05, 0) is 63.2 Å². The van der Waals surface area contributed by atoms with Gasteiger partial charge in [-0.15, -0.1) is 0 Å². The summed E-state index contributed by atoms with van der Waals surface area (Å²) in [5.74, 6) is -0.498. The first-order valence-electron chi connectivity index (χ1n) is 8.50. The van der Waals surface area contributed by atoms with Crippen LogP contribution < -0.4 is 14.8 Å². The SMILES string of the molecule is CC(C)(C)NS(=O)(=O)c1cccc(NC(=O)COc2ccc(C(F)(F)F)cc2)c1. The molecule has 0 saturated heterocycles. The molecule has 2 aromatic rings. The Kier molecular flexibility index (Phi) is 6.59. The smallest absolute Gasteiger partial charge is 0.416 e. The normalized spacial score (nSPS) is 12.5. The number of rotatable bonds is 6. The molecule has 0 saturated carbocycles. The maximum atomic E-state index is 12.5. The molecule has 29 heavy (non-hydrogen) atoms. The van der Waals surface area contributed by atoms with Gasteiger partial charge < -0.3 is 10.1 Å². The molecular formula is C19H21F3N2O4S. The van der Waals surface area contributed by atoms with E-state index in [-0.39, 0.29) is 16.3 Å². The second-order valence-corrected chi connectivity index (χ2v) is 8.92. The molecule has 0 fully saturated rings. The lowest BCUT2D eigenvalue weighted by atomic mass is 10.1. The van der Waals surface area contributed by atoms with Crippen LogP contribution in [0.5, 0.6) is 5.75 Å². The number of carbonyl (C=O) groups excluding carboxylic acids is 1. The summed E-state index contributed by atoms with van der Waals surface area (Å²) >= 11 is 0. The van der Waals surface area contributed by atoms with Gasteiger partial charge in [0.15, 0.2) is 6.61 Å². The highest BCUT2D eigenvalue weighted by atomic mass is 32.2. The number of nitrogens with one attached hydrogen (secondary N) is 2. The molecule has 2 N–H and O–H groups in total. The topological polar surface area (TPSA) is 84.5 Å². The largest absolute Gasteiger partial charge is 0.484 e. The molecule has 2 rings (SSSR count). The van der Waals surface area contributed by atoms with Crippen molar-refractivity contribution in [3.8, 4) is 5.75 Å². The number of hydrogen-bond donors (Lipinski definition) is 2. The molecular weight excluding hydrogens is 409 g/mol. The number of alkyl halides is 3. The van der Waals surface area contributed by atoms with Crippen molar-refractivity contribution in [3.63, 3.8) is 0 Å². The highest BCUT2D eigenvalue weighted by Crippen LogP contribution is 2.30. The summed E-state index contributed by atoms with van der Waals surface area (Å²) in [6.45, 7) is 4.65. The van der Waals surface area contributed by atoms with E-state index < -0.39 is 39.8 Å². The third kappa shape index (κ3) is 7.06. The van der Waals surface area contributed by atoms with E-state index in [0.29, 0.717) is 0 Å². The van der Waals surface area contributed by atoms with Gasteiger partial charge in [-0.1, -0.05) is 6.07 Å². The lowest BCUT2D eigenvalue weighted by Crippen LogP contribution is -2.40. The number of halogens is 3. The van der Waals surface area contributed by atoms with Gasteiger partial charge in [0.1, 0.15) is 5.75 Å². The minimum atomic E-state index is -4.46. The van der Waals surface area contributed by atoms with E-state index in [4.69, 9.17) is 4.74 Å². The number of ether oxygens (including phenoxy) is 1. The summed E-state index contributed by atoms with van der Waals surface area (Å²) < 4.78 is 70.0. The van der Waals surface area contributed by atoms with Crippen molar-refractivity contribution >= 4 is 21.6 Å². The summed E-state index contributed by atoms with van der Waals surface area (Å²) in [5.41, 5.74) is -1.26. The third-order valence-corrected chi connectivity index (χ3v) is 5.18. The zero-order chi connectivity index (χ0) is 21.9. The molecule has 2 aromatic carbocycles. The van der Waals surface area contributed by atoms with Crippen molar-refractivity contribution in [2.24, 2.45) is 0 Å². The first-order chi connectivity index (χ1) is 13.3. The monoisotopic (exact) mass is 430 g/mol. The molecule has 1 amide bonds. The van der Waals surface area contributed by atoms with E-state index >= 15 is 0 Å². The molecule has 6 nitrogen and oxygen atoms in total. The van der Waals surface area contributed by atoms with Gasteiger partial charge in [-0.2, -0.15) is 13.2 Å². The lowest BCUT2D eigenvalue weighted by molar-refractivity contribution is -0.137. The van der Waals surface area contributed by atoms with E-state index in [0.717, 1.165) is 24.3 Å². The van der Waals surface area contributed by atoms with Crippen molar-refractivity contribution in [1.82, 2.24) is 4.72 Å². The second kappa shape index (κ2) is 8.42. The number of amides is 1. The van der Waals surface area contributed by atoms with Crippen molar-refractivity contribution in [2.75, 3.05) is 11.9 Å². The van der Waals surface area contributed by atoms with E-state index in [1.165, 1.54) is 24.3 Å². The average molecular weight is 430 g/mol. The van der Waals surface area contributed by atoms with Crippen LogP contribution in [0.1, 0.15) is 26.3 Å². The lowest BCUT2D eigenvalue weighted by Gasteiger charge is -2.20. The van der Waals surface area contributed by atoms with Gasteiger partial charge >= 0.3 is 6.18 Å². The van der Waals surface area contributed by atoms with E-state index in [9.17, 15) is 26.4 Å². The Morgan fingerprint density at radius 3 is 2.21 bits per heavy atom. The van der Waals surface area contributed by atoms with Gasteiger partial charge in [0.2, 0.25) is 10.0 Å². The first kappa shape index (κ1) is 22.7. The number of sulfonamides is 1. The van der Waals surface area contributed by atoms with Gasteiger partial charge in [-0.3, -0.25) is 4.79 Å². The molecule has 0 radical (unpaired) electrons. The van der Waals surface area contributed by atoms with Gasteiger partial charge in [0.25, 0.3) is 5.91 Å². The molecule has 10 heteroatoms. The predicted molar refractivity (Wildman–Crippen MR) is 102 cm³/mol. The summed E-state index contributed by atoms with van der Waals surface area (Å²) in [6.07, 6.45) is -4.46. The van der Waals surface area contributed by atoms with Crippen LogP contribution in [0.25, 0.3) is 0 Å². The number of carbonyl (C=O) groups is 1. The van der Waals surface area contributed by atoms with E-state index in [1.807, 2.05) is 0 Å². The fraction of sp³-hybridized carbons (Fsp3) is 0.316. The van der Waals surface area contributed by atoms with Gasteiger partial charge in [0, 0.05) is 11.2 Å². The molecule has 0 aliphatic carbocycles. The molecule has 0 spiro atoms. The van der Waals surface area contributed by atoms with Crippen molar-refractivity contribution in [3.05, 3.63) is 54.1 Å². The van der Waals surface area contributed by atoms with E-state index in [1.54, 1.807) is 20.8 Å². The highest BCUT2D eigenvalue weighted by Gasteiger charge is 2.30. The summed E-state index contributed by atoms with van der Waals surface area (Å²) in [7, 11) is -3.77. The van der Waals surface area contributed by atoms with Crippen LogP contribution in [-0.2, 0) is 21.0 Å². The number of benzene rings is 2. The molecule has 0 aliphatic heterocycles. The van der Waals surface area contributed by atoms with Crippen LogP contribution >= 0.6 is 0 Å². The van der Waals surface area contributed by atoms with Crippen LogP contribution in [-0.4, -0.2) is 26.5 Å². The maximum Gasteiger partial charge on any atom is 0.416 e. The zero-order valence-electron chi connectivity index (χ0n) is 16.0. The summed E-state index contributed by atoms with van der Waals surface area (Å²) in [6, 6.07) is 9.60. The minimum Gasteiger partial charge on any atom is -0.484 e. The average Bonchev–Trinajstić information content (AvgIpc) is 2.58. The molecule has 0 unspecified atom stereocenters. The van der Waals surface area contributed by atoms with Crippen LogP contribution in [0.2, 0.25) is 0 Å². The number of hydrogen-bond acceptors (Lipinski definition) is 4. The Morgan fingerprint density at radius 1 is 1.03 bits per heavy atom. The zero-order valence-corrected chi connectivity index (χ0v) is 16.8. The van der Waals surface area contributed by atoms with Crippen LogP contribution in [0.15, 0.2) is 53.4 Å². The Labute approximate surface area is 167 Å². The van der Waals surface area contributed by atoms with Crippen molar-refractivity contribution in [2.45, 2.75) is 37.4 Å². The Balaban J connectivity index is 1.99.